The number of benzene rings is 1. The number of cyclic esters (lactones) is 2. The summed E-state index contributed by atoms with van der Waals surface area (Å²) in [6.07, 6.45) is 3.78. The number of fused-ring (bicyclic) bond motifs is 5. The third-order valence-corrected chi connectivity index (χ3v) is 8.71. The minimum absolute atomic E-state index is 0.117. The van der Waals surface area contributed by atoms with Crippen molar-refractivity contribution in [2.75, 3.05) is 7.11 Å². The molecular weight excluding hydrogens is 396 g/mol. The summed E-state index contributed by atoms with van der Waals surface area (Å²) in [5, 5.41) is 0. The third kappa shape index (κ3) is 2.69. The van der Waals surface area contributed by atoms with Gasteiger partial charge >= 0.3 is 11.9 Å². The number of hydrogen-bond acceptors (Lipinski definition) is 6. The Kier molecular flexibility index (Phi) is 4.26. The molecule has 1 aliphatic carbocycles. The van der Waals surface area contributed by atoms with Crippen molar-refractivity contribution >= 4 is 11.9 Å². The normalized spacial score (nSPS) is 35.4. The van der Waals surface area contributed by atoms with E-state index in [2.05, 4.69) is 13.8 Å². The SMILES string of the molecule is COc1c2c(c(C)c3c1C(=O)OC3)OC1(C)CCC3C(C)(C)OC(=O)CCC3(C)C1C2. The standard InChI is InChI=1S/C25H32O6/c1-13-15-12-29-22(27)19(15)21(28-6)14-11-17-24(4)9-8-18(26)30-23(2,3)16(24)7-10-25(17,5)31-20(13)14/h16-17H,7-12H2,1-6H3. The first-order chi connectivity index (χ1) is 14.5. The van der Waals surface area contributed by atoms with E-state index in [1.807, 2.05) is 20.8 Å². The van der Waals surface area contributed by atoms with Crippen LogP contribution in [0.2, 0.25) is 0 Å². The van der Waals surface area contributed by atoms with Gasteiger partial charge in [-0.1, -0.05) is 6.92 Å². The van der Waals surface area contributed by atoms with Crippen LogP contribution in [-0.2, 0) is 27.3 Å². The van der Waals surface area contributed by atoms with Crippen LogP contribution in [0, 0.1) is 24.2 Å². The van der Waals surface area contributed by atoms with E-state index in [9.17, 15) is 9.59 Å². The quantitative estimate of drug-likeness (QED) is 0.613. The van der Waals surface area contributed by atoms with Crippen LogP contribution in [0.4, 0.5) is 0 Å². The van der Waals surface area contributed by atoms with Gasteiger partial charge in [-0.05, 0) is 64.4 Å². The first kappa shape index (κ1) is 20.7. The van der Waals surface area contributed by atoms with E-state index in [1.165, 1.54) is 0 Å². The zero-order chi connectivity index (χ0) is 22.3. The molecule has 0 aromatic heterocycles. The van der Waals surface area contributed by atoms with E-state index in [1.54, 1.807) is 7.11 Å². The van der Waals surface area contributed by atoms with Gasteiger partial charge in [-0.25, -0.2) is 4.79 Å². The second-order valence-electron chi connectivity index (χ2n) is 10.7. The van der Waals surface area contributed by atoms with Gasteiger partial charge in [0.15, 0.2) is 0 Å². The Morgan fingerprint density at radius 3 is 2.45 bits per heavy atom. The predicted octanol–water partition coefficient (Wildman–Crippen LogP) is 4.52. The maximum absolute atomic E-state index is 12.5. The van der Waals surface area contributed by atoms with Crippen LogP contribution in [0.5, 0.6) is 11.5 Å². The second-order valence-corrected chi connectivity index (χ2v) is 10.7. The van der Waals surface area contributed by atoms with E-state index in [4.69, 9.17) is 18.9 Å². The van der Waals surface area contributed by atoms with Crippen LogP contribution in [0.3, 0.4) is 0 Å². The number of hydrogen-bond donors (Lipinski definition) is 0. The van der Waals surface area contributed by atoms with Crippen LogP contribution in [0.1, 0.15) is 80.4 Å². The molecule has 0 bridgehead atoms. The molecule has 0 spiro atoms. The van der Waals surface area contributed by atoms with Crippen molar-refractivity contribution in [1.29, 1.82) is 0 Å². The molecule has 2 fully saturated rings. The fraction of sp³-hybridized carbons (Fsp3) is 0.680. The van der Waals surface area contributed by atoms with Crippen LogP contribution < -0.4 is 9.47 Å². The second kappa shape index (κ2) is 6.39. The summed E-state index contributed by atoms with van der Waals surface area (Å²) in [4.78, 5) is 24.9. The van der Waals surface area contributed by atoms with Gasteiger partial charge in [0, 0.05) is 29.4 Å². The van der Waals surface area contributed by atoms with Gasteiger partial charge < -0.3 is 18.9 Å². The molecule has 31 heavy (non-hydrogen) atoms. The monoisotopic (exact) mass is 428 g/mol. The molecule has 0 amide bonds. The van der Waals surface area contributed by atoms with Crippen molar-refractivity contribution in [1.82, 2.24) is 0 Å². The zero-order valence-electron chi connectivity index (χ0n) is 19.3. The average molecular weight is 429 g/mol. The third-order valence-electron chi connectivity index (χ3n) is 8.71. The zero-order valence-corrected chi connectivity index (χ0v) is 19.3. The van der Waals surface area contributed by atoms with Crippen molar-refractivity contribution in [3.05, 3.63) is 22.3 Å². The van der Waals surface area contributed by atoms with Gasteiger partial charge in [-0.2, -0.15) is 0 Å². The number of esters is 2. The Hall–Kier alpha value is -2.24. The molecule has 6 heteroatoms. The summed E-state index contributed by atoms with van der Waals surface area (Å²) < 4.78 is 23.9. The van der Waals surface area contributed by atoms with Gasteiger partial charge in [0.05, 0.1) is 7.11 Å². The molecule has 1 aromatic rings. The summed E-state index contributed by atoms with van der Waals surface area (Å²) in [6.45, 7) is 10.9. The maximum Gasteiger partial charge on any atom is 0.342 e. The van der Waals surface area contributed by atoms with Crippen LogP contribution in [0.25, 0.3) is 0 Å². The fourth-order valence-corrected chi connectivity index (χ4v) is 7.26. The molecule has 4 unspecified atom stereocenters. The van der Waals surface area contributed by atoms with E-state index in [0.717, 1.165) is 48.1 Å². The Morgan fingerprint density at radius 1 is 1.00 bits per heavy atom. The maximum atomic E-state index is 12.5. The molecule has 1 saturated heterocycles. The van der Waals surface area contributed by atoms with E-state index in [-0.39, 0.29) is 41.4 Å². The highest BCUT2D eigenvalue weighted by atomic mass is 16.6. The molecule has 6 nitrogen and oxygen atoms in total. The molecule has 1 saturated carbocycles. The number of methoxy groups -OCH3 is 1. The van der Waals surface area contributed by atoms with Gasteiger partial charge in [-0.3, -0.25) is 4.79 Å². The van der Waals surface area contributed by atoms with E-state index in [0.29, 0.717) is 17.7 Å². The first-order valence-corrected chi connectivity index (χ1v) is 11.3. The molecule has 0 N–H and O–H groups in total. The van der Waals surface area contributed by atoms with Crippen molar-refractivity contribution < 1.29 is 28.5 Å². The molecule has 168 valence electrons. The predicted molar refractivity (Wildman–Crippen MR) is 113 cm³/mol. The molecule has 3 aliphatic heterocycles. The summed E-state index contributed by atoms with van der Waals surface area (Å²) >= 11 is 0. The highest BCUT2D eigenvalue weighted by molar-refractivity contribution is 5.98. The van der Waals surface area contributed by atoms with E-state index >= 15 is 0 Å². The van der Waals surface area contributed by atoms with Crippen LogP contribution in [-0.4, -0.2) is 30.3 Å². The minimum Gasteiger partial charge on any atom is -0.495 e. The van der Waals surface area contributed by atoms with Gasteiger partial charge in [0.1, 0.15) is 34.9 Å². The highest BCUT2D eigenvalue weighted by Crippen LogP contribution is 2.62. The number of carbonyl (C=O) groups is 2. The summed E-state index contributed by atoms with van der Waals surface area (Å²) in [7, 11) is 1.61. The molecular formula is C25H32O6. The topological polar surface area (TPSA) is 71.1 Å². The number of carbonyl (C=O) groups excluding carboxylic acids is 2. The molecule has 4 aliphatic rings. The fourth-order valence-electron chi connectivity index (χ4n) is 7.26. The Labute approximate surface area is 183 Å². The number of rotatable bonds is 1. The summed E-state index contributed by atoms with van der Waals surface area (Å²) in [5.74, 6) is 1.40. The van der Waals surface area contributed by atoms with Gasteiger partial charge in [0.25, 0.3) is 0 Å². The lowest BCUT2D eigenvalue weighted by Crippen LogP contribution is -2.61. The van der Waals surface area contributed by atoms with Crippen molar-refractivity contribution in [3.8, 4) is 11.5 Å². The Morgan fingerprint density at radius 2 is 1.74 bits per heavy atom. The summed E-state index contributed by atoms with van der Waals surface area (Å²) in [5.41, 5.74) is 2.33. The van der Waals surface area contributed by atoms with Crippen molar-refractivity contribution in [3.63, 3.8) is 0 Å². The molecule has 4 atom stereocenters. The molecule has 5 rings (SSSR count). The number of ether oxygens (including phenoxy) is 4. The van der Waals surface area contributed by atoms with Crippen molar-refractivity contribution in [2.45, 2.75) is 84.5 Å². The minimum atomic E-state index is -0.522. The Bertz CT molecular complexity index is 994. The lowest BCUT2D eigenvalue weighted by Gasteiger charge is -2.59. The molecule has 1 aromatic carbocycles. The molecule has 0 radical (unpaired) electrons. The summed E-state index contributed by atoms with van der Waals surface area (Å²) in [6, 6.07) is 0. The Balaban J connectivity index is 1.67. The van der Waals surface area contributed by atoms with Crippen LogP contribution >= 0.6 is 0 Å². The van der Waals surface area contributed by atoms with Gasteiger partial charge in [0.2, 0.25) is 0 Å². The highest BCUT2D eigenvalue weighted by Gasteiger charge is 2.62. The largest absolute Gasteiger partial charge is 0.495 e. The van der Waals surface area contributed by atoms with Gasteiger partial charge in [-0.15, -0.1) is 0 Å². The first-order valence-electron chi connectivity index (χ1n) is 11.3. The molecule has 3 heterocycles. The smallest absolute Gasteiger partial charge is 0.342 e. The van der Waals surface area contributed by atoms with E-state index < -0.39 is 5.60 Å². The van der Waals surface area contributed by atoms with Crippen LogP contribution in [0.15, 0.2) is 0 Å². The average Bonchev–Trinajstić information content (AvgIpc) is 3.04. The lowest BCUT2D eigenvalue weighted by molar-refractivity contribution is -0.178. The van der Waals surface area contributed by atoms with Crippen molar-refractivity contribution in [2.24, 2.45) is 17.3 Å². The lowest BCUT2D eigenvalue weighted by atomic mass is 9.49.